The molecule has 1 saturated carbocycles. The van der Waals surface area contributed by atoms with Crippen molar-refractivity contribution < 1.29 is 8.42 Å². The Bertz CT molecular complexity index is 1390. The van der Waals surface area contributed by atoms with Gasteiger partial charge in [-0.05, 0) is 55.7 Å². The van der Waals surface area contributed by atoms with Crippen molar-refractivity contribution in [2.24, 2.45) is 0 Å². The summed E-state index contributed by atoms with van der Waals surface area (Å²) in [5.74, 6) is 0. The maximum absolute atomic E-state index is 12.4. The van der Waals surface area contributed by atoms with Gasteiger partial charge in [-0.15, -0.1) is 0 Å². The zero-order valence-electron chi connectivity index (χ0n) is 19.3. The molecule has 5 rings (SSSR count). The van der Waals surface area contributed by atoms with Crippen LogP contribution < -0.4 is 0 Å². The molecule has 7 nitrogen and oxygen atoms in total. The van der Waals surface area contributed by atoms with Crippen molar-refractivity contribution >= 4 is 20.9 Å². The van der Waals surface area contributed by atoms with Crippen molar-refractivity contribution in [3.8, 4) is 16.9 Å². The number of hydrogen-bond acceptors (Lipinski definition) is 4. The van der Waals surface area contributed by atoms with Crippen LogP contribution in [0.4, 0.5) is 0 Å². The second kappa shape index (κ2) is 8.43. The quantitative estimate of drug-likeness (QED) is 0.411. The summed E-state index contributed by atoms with van der Waals surface area (Å²) < 4.78 is 30.1. The maximum atomic E-state index is 12.4. The highest BCUT2D eigenvalue weighted by molar-refractivity contribution is 7.89. The van der Waals surface area contributed by atoms with Crippen LogP contribution in [0.15, 0.2) is 59.6 Å². The van der Waals surface area contributed by atoms with Gasteiger partial charge in [0.25, 0.3) is 0 Å². The van der Waals surface area contributed by atoms with Crippen LogP contribution in [0.5, 0.6) is 0 Å². The Hall–Kier alpha value is -2.97. The van der Waals surface area contributed by atoms with Gasteiger partial charge in [-0.25, -0.2) is 17.4 Å². The highest BCUT2D eigenvalue weighted by Crippen LogP contribution is 2.35. The molecule has 0 spiro atoms. The second-order valence-electron chi connectivity index (χ2n) is 8.82. The van der Waals surface area contributed by atoms with Gasteiger partial charge < -0.3 is 0 Å². The van der Waals surface area contributed by atoms with E-state index in [1.807, 2.05) is 10.7 Å². The molecule has 0 bridgehead atoms. The van der Waals surface area contributed by atoms with E-state index < -0.39 is 10.0 Å². The van der Waals surface area contributed by atoms with Gasteiger partial charge in [0.05, 0.1) is 39.7 Å². The highest BCUT2D eigenvalue weighted by atomic mass is 32.2. The van der Waals surface area contributed by atoms with Crippen LogP contribution in [-0.4, -0.2) is 46.4 Å². The fourth-order valence-electron chi connectivity index (χ4n) is 4.75. The summed E-state index contributed by atoms with van der Waals surface area (Å²) in [6.07, 6.45) is 7.58. The van der Waals surface area contributed by atoms with Crippen LogP contribution >= 0.6 is 0 Å². The molecule has 2 aromatic carbocycles. The Balaban J connectivity index is 1.56. The molecule has 4 aromatic rings. The first-order valence-corrected chi connectivity index (χ1v) is 12.9. The third-order valence-electron chi connectivity index (χ3n) is 6.59. The molecule has 0 unspecified atom stereocenters. The molecule has 0 N–H and O–H groups in total. The minimum Gasteiger partial charge on any atom is -0.262 e. The molecule has 0 aliphatic heterocycles. The van der Waals surface area contributed by atoms with Crippen LogP contribution in [0.3, 0.4) is 0 Å². The van der Waals surface area contributed by atoms with E-state index in [1.165, 1.54) is 55.0 Å². The molecule has 0 radical (unpaired) electrons. The second-order valence-corrected chi connectivity index (χ2v) is 11.0. The molecule has 1 aliphatic carbocycles. The molecule has 0 amide bonds. The van der Waals surface area contributed by atoms with Crippen LogP contribution in [0.25, 0.3) is 27.8 Å². The Labute approximate surface area is 194 Å². The van der Waals surface area contributed by atoms with Gasteiger partial charge >= 0.3 is 0 Å². The molecule has 0 saturated heterocycles. The molecule has 1 aliphatic rings. The van der Waals surface area contributed by atoms with E-state index in [4.69, 9.17) is 5.10 Å². The molecule has 2 aromatic heterocycles. The number of aromatic nitrogens is 4. The van der Waals surface area contributed by atoms with Gasteiger partial charge in [-0.3, -0.25) is 4.68 Å². The number of rotatable bonds is 6. The van der Waals surface area contributed by atoms with E-state index in [2.05, 4.69) is 34.9 Å². The molecular weight excluding hydrogens is 434 g/mol. The van der Waals surface area contributed by atoms with E-state index in [0.29, 0.717) is 6.04 Å². The predicted molar refractivity (Wildman–Crippen MR) is 130 cm³/mol. The largest absolute Gasteiger partial charge is 0.262 e. The van der Waals surface area contributed by atoms with Gasteiger partial charge in [-0.2, -0.15) is 10.2 Å². The summed E-state index contributed by atoms with van der Waals surface area (Å²) in [7, 11) is -0.402. The summed E-state index contributed by atoms with van der Waals surface area (Å²) in [5, 5.41) is 10.7. The normalized spacial score (nSPS) is 15.2. The van der Waals surface area contributed by atoms with E-state index >= 15 is 0 Å². The molecule has 0 atom stereocenters. The summed E-state index contributed by atoms with van der Waals surface area (Å²) in [5.41, 5.74) is 5.15. The third kappa shape index (κ3) is 3.77. The molecule has 172 valence electrons. The van der Waals surface area contributed by atoms with Crippen molar-refractivity contribution in [2.45, 2.75) is 50.0 Å². The number of aryl methyl sites for hydroxylation is 1. The summed E-state index contributed by atoms with van der Waals surface area (Å²) in [6.45, 7) is 2.16. The average molecular weight is 464 g/mol. The van der Waals surface area contributed by atoms with E-state index in [-0.39, 0.29) is 4.90 Å². The summed E-state index contributed by atoms with van der Waals surface area (Å²) in [6, 6.07) is 15.8. The first-order valence-electron chi connectivity index (χ1n) is 11.5. The molecule has 33 heavy (non-hydrogen) atoms. The van der Waals surface area contributed by atoms with Crippen molar-refractivity contribution in [1.29, 1.82) is 0 Å². The van der Waals surface area contributed by atoms with Crippen LogP contribution in [0, 0.1) is 0 Å². The Morgan fingerprint density at radius 1 is 1.03 bits per heavy atom. The standard InChI is InChI=1S/C25H29N5O2S/c1-4-23-22-14-9-18(17-25(22)30(27-23)19-7-5-6-8-19)24-15-16-26-29(24)20-10-12-21(13-11-20)33(31,32)28(2)3/h9-17,19H,4-8H2,1-3H3. The zero-order valence-corrected chi connectivity index (χ0v) is 20.1. The van der Waals surface area contributed by atoms with Gasteiger partial charge in [0.1, 0.15) is 0 Å². The molecule has 8 heteroatoms. The highest BCUT2D eigenvalue weighted by Gasteiger charge is 2.22. The Morgan fingerprint density at radius 3 is 2.42 bits per heavy atom. The van der Waals surface area contributed by atoms with E-state index in [9.17, 15) is 8.42 Å². The van der Waals surface area contributed by atoms with Gasteiger partial charge in [-0.1, -0.05) is 31.9 Å². The number of sulfonamides is 1. The maximum Gasteiger partial charge on any atom is 0.242 e. The monoisotopic (exact) mass is 463 g/mol. The van der Waals surface area contributed by atoms with E-state index in [1.54, 1.807) is 30.5 Å². The lowest BCUT2D eigenvalue weighted by Crippen LogP contribution is -2.22. The zero-order chi connectivity index (χ0) is 23.2. The smallest absolute Gasteiger partial charge is 0.242 e. The van der Waals surface area contributed by atoms with Crippen LogP contribution in [0.2, 0.25) is 0 Å². The van der Waals surface area contributed by atoms with Crippen molar-refractivity contribution in [3.63, 3.8) is 0 Å². The number of hydrogen-bond donors (Lipinski definition) is 0. The lowest BCUT2D eigenvalue weighted by atomic mass is 10.1. The predicted octanol–water partition coefficient (Wildman–Crippen LogP) is 4.82. The molecular formula is C25H29N5O2S. The SMILES string of the molecule is CCc1nn(C2CCCC2)c2cc(-c3ccnn3-c3ccc(S(=O)(=O)N(C)C)cc3)ccc12. The van der Waals surface area contributed by atoms with Gasteiger partial charge in [0, 0.05) is 25.0 Å². The average Bonchev–Trinajstić information content (AvgIpc) is 3.58. The first-order chi connectivity index (χ1) is 15.9. The van der Waals surface area contributed by atoms with Gasteiger partial charge in [0.2, 0.25) is 10.0 Å². The van der Waals surface area contributed by atoms with Crippen molar-refractivity contribution in [2.75, 3.05) is 14.1 Å². The number of fused-ring (bicyclic) bond motifs is 1. The topological polar surface area (TPSA) is 73.0 Å². The number of benzene rings is 2. The lowest BCUT2D eigenvalue weighted by molar-refractivity contribution is 0.478. The lowest BCUT2D eigenvalue weighted by Gasteiger charge is -2.13. The van der Waals surface area contributed by atoms with Gasteiger partial charge in [0.15, 0.2) is 0 Å². The fourth-order valence-corrected chi connectivity index (χ4v) is 5.65. The van der Waals surface area contributed by atoms with Crippen molar-refractivity contribution in [1.82, 2.24) is 23.9 Å². The first kappa shape index (κ1) is 21.9. The Kier molecular flexibility index (Phi) is 5.58. The fraction of sp³-hybridized carbons (Fsp3) is 0.360. The van der Waals surface area contributed by atoms with Crippen LogP contribution in [0.1, 0.15) is 44.3 Å². The minimum atomic E-state index is -3.47. The molecule has 1 fully saturated rings. The van der Waals surface area contributed by atoms with Crippen LogP contribution in [-0.2, 0) is 16.4 Å². The van der Waals surface area contributed by atoms with Crippen molar-refractivity contribution in [3.05, 3.63) is 60.4 Å². The third-order valence-corrected chi connectivity index (χ3v) is 8.42. The minimum absolute atomic E-state index is 0.263. The summed E-state index contributed by atoms with van der Waals surface area (Å²) >= 11 is 0. The number of nitrogens with zero attached hydrogens (tertiary/aromatic N) is 5. The summed E-state index contributed by atoms with van der Waals surface area (Å²) in [4.78, 5) is 0.263. The van der Waals surface area contributed by atoms with E-state index in [0.717, 1.165) is 29.1 Å². The molecule has 2 heterocycles. The Morgan fingerprint density at radius 2 is 1.76 bits per heavy atom.